The van der Waals surface area contributed by atoms with E-state index in [1.54, 1.807) is 42.8 Å². The molecule has 1 aliphatic rings. The molecule has 4 heterocycles. The normalized spacial score (nSPS) is 14.9. The lowest BCUT2D eigenvalue weighted by molar-refractivity contribution is 0.103. The minimum absolute atomic E-state index is 0.00440. The van der Waals surface area contributed by atoms with E-state index in [0.29, 0.717) is 24.5 Å². The second kappa shape index (κ2) is 7.75. The molecule has 0 spiro atoms. The Balaban J connectivity index is 1.81. The Morgan fingerprint density at radius 3 is 2.83 bits per heavy atom. The Labute approximate surface area is 178 Å². The molecule has 0 atom stereocenters. The number of hydrogen-bond donors (Lipinski definition) is 1. The molecule has 1 aliphatic heterocycles. The number of ether oxygens (including phenoxy) is 1. The summed E-state index contributed by atoms with van der Waals surface area (Å²) < 4.78 is 7.23. The number of anilines is 2. The van der Waals surface area contributed by atoms with Crippen LogP contribution in [0, 0.1) is 13.8 Å². The zero-order valence-electron chi connectivity index (χ0n) is 16.8. The summed E-state index contributed by atoms with van der Waals surface area (Å²) in [7, 11) is 1.63. The van der Waals surface area contributed by atoms with Crippen molar-refractivity contribution in [3.8, 4) is 5.75 Å². The third-order valence-electron chi connectivity index (χ3n) is 4.96. The van der Waals surface area contributed by atoms with E-state index < -0.39 is 0 Å². The van der Waals surface area contributed by atoms with E-state index in [2.05, 4.69) is 19.9 Å². The summed E-state index contributed by atoms with van der Waals surface area (Å²) in [5, 5.41) is 0.0231. The van der Waals surface area contributed by atoms with E-state index >= 15 is 0 Å². The number of ketones is 1. The molecule has 3 aromatic heterocycles. The maximum Gasteiger partial charge on any atom is 0.223 e. The van der Waals surface area contributed by atoms with Crippen molar-refractivity contribution in [3.63, 3.8) is 0 Å². The fourth-order valence-corrected chi connectivity index (χ4v) is 3.80. The minimum Gasteiger partial charge on any atom is -0.496 e. The van der Waals surface area contributed by atoms with Gasteiger partial charge in [-0.3, -0.25) is 9.78 Å². The van der Waals surface area contributed by atoms with Crippen LogP contribution in [0.3, 0.4) is 0 Å². The molecule has 30 heavy (non-hydrogen) atoms. The molecule has 9 nitrogen and oxygen atoms in total. The SMILES string of the molecule is COc1c(C)cnc(CN2C/C(=C\n3ccnc3)C(=O)c3c(Cl)nc(N)nc32)c1C. The summed E-state index contributed by atoms with van der Waals surface area (Å²) in [4.78, 5) is 31.9. The number of nitrogens with two attached hydrogens (primary N) is 1. The van der Waals surface area contributed by atoms with Crippen LogP contribution in [0.5, 0.6) is 5.75 Å². The van der Waals surface area contributed by atoms with Crippen LogP contribution in [0.1, 0.15) is 27.2 Å². The lowest BCUT2D eigenvalue weighted by Crippen LogP contribution is -2.36. The van der Waals surface area contributed by atoms with Crippen LogP contribution in [-0.2, 0) is 6.54 Å². The average molecular weight is 426 g/mol. The molecule has 10 heteroatoms. The van der Waals surface area contributed by atoms with E-state index in [-0.39, 0.29) is 22.4 Å². The number of imidazole rings is 1. The van der Waals surface area contributed by atoms with Crippen molar-refractivity contribution in [3.05, 3.63) is 58.0 Å². The first-order valence-corrected chi connectivity index (χ1v) is 9.56. The molecule has 0 fully saturated rings. The van der Waals surface area contributed by atoms with Gasteiger partial charge in [-0.15, -0.1) is 0 Å². The third-order valence-corrected chi connectivity index (χ3v) is 5.24. The molecular formula is C20H20ClN7O2. The molecule has 3 aromatic rings. The Morgan fingerprint density at radius 1 is 1.33 bits per heavy atom. The molecule has 0 radical (unpaired) electrons. The van der Waals surface area contributed by atoms with Crippen molar-refractivity contribution in [2.45, 2.75) is 20.4 Å². The van der Waals surface area contributed by atoms with Crippen molar-refractivity contribution in [1.82, 2.24) is 24.5 Å². The van der Waals surface area contributed by atoms with Gasteiger partial charge in [0.25, 0.3) is 0 Å². The van der Waals surface area contributed by atoms with E-state index in [4.69, 9.17) is 22.1 Å². The predicted octanol–water partition coefficient (Wildman–Crippen LogP) is 2.67. The summed E-state index contributed by atoms with van der Waals surface area (Å²) >= 11 is 6.30. The number of aryl methyl sites for hydroxylation is 1. The summed E-state index contributed by atoms with van der Waals surface area (Å²) in [6.45, 7) is 4.58. The molecule has 0 saturated carbocycles. The Bertz CT molecular complexity index is 1160. The quantitative estimate of drug-likeness (QED) is 0.501. The van der Waals surface area contributed by atoms with Gasteiger partial charge < -0.3 is 19.9 Å². The smallest absolute Gasteiger partial charge is 0.223 e. The number of nitrogens with zero attached hydrogens (tertiary/aromatic N) is 6. The van der Waals surface area contributed by atoms with E-state index in [9.17, 15) is 4.79 Å². The number of carbonyl (C=O) groups excluding carboxylic acids is 1. The van der Waals surface area contributed by atoms with Gasteiger partial charge in [-0.05, 0) is 13.8 Å². The molecule has 2 N–H and O–H groups in total. The Kier molecular flexibility index (Phi) is 5.13. The monoisotopic (exact) mass is 425 g/mol. The number of nitrogen functional groups attached to an aromatic ring is 1. The van der Waals surface area contributed by atoms with Crippen LogP contribution in [0.4, 0.5) is 11.8 Å². The number of Topliss-reactive ketones (excluding diaryl/α,β-unsaturated/α-hetero) is 1. The molecule has 4 rings (SSSR count). The van der Waals surface area contributed by atoms with Gasteiger partial charge in [-0.25, -0.2) is 9.97 Å². The fraction of sp³-hybridized carbons (Fsp3) is 0.250. The van der Waals surface area contributed by atoms with Crippen LogP contribution in [-0.4, -0.2) is 43.9 Å². The topological polar surface area (TPSA) is 112 Å². The van der Waals surface area contributed by atoms with Gasteiger partial charge in [0.15, 0.2) is 5.78 Å². The second-order valence-corrected chi connectivity index (χ2v) is 7.32. The van der Waals surface area contributed by atoms with Crippen molar-refractivity contribution in [2.75, 3.05) is 24.3 Å². The zero-order chi connectivity index (χ0) is 21.4. The minimum atomic E-state index is -0.244. The Hall–Kier alpha value is -3.46. The fourth-order valence-electron chi connectivity index (χ4n) is 3.54. The van der Waals surface area contributed by atoms with Crippen molar-refractivity contribution >= 4 is 35.4 Å². The molecule has 0 saturated heterocycles. The molecule has 0 bridgehead atoms. The highest BCUT2D eigenvalue weighted by Gasteiger charge is 2.33. The highest BCUT2D eigenvalue weighted by molar-refractivity contribution is 6.35. The van der Waals surface area contributed by atoms with Crippen LogP contribution >= 0.6 is 11.6 Å². The van der Waals surface area contributed by atoms with E-state index in [0.717, 1.165) is 22.6 Å². The number of fused-ring (bicyclic) bond motifs is 1. The summed E-state index contributed by atoms with van der Waals surface area (Å²) in [5.41, 5.74) is 9.23. The van der Waals surface area contributed by atoms with Crippen molar-refractivity contribution < 1.29 is 9.53 Å². The predicted molar refractivity (Wildman–Crippen MR) is 114 cm³/mol. The molecule has 0 aromatic carbocycles. The lowest BCUT2D eigenvalue weighted by atomic mass is 10.00. The zero-order valence-corrected chi connectivity index (χ0v) is 17.5. The van der Waals surface area contributed by atoms with Gasteiger partial charge in [-0.2, -0.15) is 4.98 Å². The van der Waals surface area contributed by atoms with Crippen LogP contribution in [0.25, 0.3) is 6.20 Å². The van der Waals surface area contributed by atoms with Crippen LogP contribution in [0.2, 0.25) is 5.15 Å². The summed E-state index contributed by atoms with van der Waals surface area (Å²) in [5.74, 6) is 0.930. The highest BCUT2D eigenvalue weighted by Crippen LogP contribution is 2.35. The summed E-state index contributed by atoms with van der Waals surface area (Å²) in [6, 6.07) is 0. The number of carbonyl (C=O) groups is 1. The number of halogens is 1. The number of hydrogen-bond acceptors (Lipinski definition) is 8. The summed E-state index contributed by atoms with van der Waals surface area (Å²) in [6.07, 6.45) is 8.48. The molecule has 0 aliphatic carbocycles. The maximum absolute atomic E-state index is 13.1. The van der Waals surface area contributed by atoms with Crippen LogP contribution in [0.15, 0.2) is 30.5 Å². The molecule has 0 unspecified atom stereocenters. The van der Waals surface area contributed by atoms with Crippen molar-refractivity contribution in [2.24, 2.45) is 0 Å². The van der Waals surface area contributed by atoms with Gasteiger partial charge in [-0.1, -0.05) is 11.6 Å². The first-order valence-electron chi connectivity index (χ1n) is 9.19. The number of rotatable bonds is 4. The maximum atomic E-state index is 13.1. The number of pyridine rings is 1. The molecule has 154 valence electrons. The lowest BCUT2D eigenvalue weighted by Gasteiger charge is -2.31. The van der Waals surface area contributed by atoms with Gasteiger partial charge >= 0.3 is 0 Å². The van der Waals surface area contributed by atoms with Gasteiger partial charge in [0.05, 0.1) is 32.2 Å². The van der Waals surface area contributed by atoms with Gasteiger partial charge in [0, 0.05) is 41.5 Å². The Morgan fingerprint density at radius 2 is 2.13 bits per heavy atom. The van der Waals surface area contributed by atoms with Crippen LogP contribution < -0.4 is 15.4 Å². The largest absolute Gasteiger partial charge is 0.496 e. The standard InChI is InChI=1S/C20H20ClN7O2/c1-11-6-24-14(12(2)17(11)30-3)9-28-8-13(7-27-5-4-23-10-27)16(29)15-18(21)25-20(22)26-19(15)28/h4-7,10H,8-9H2,1-3H3,(H2,22,25,26)/b13-7+. The van der Waals surface area contributed by atoms with E-state index in [1.165, 1.54) is 0 Å². The highest BCUT2D eigenvalue weighted by atomic mass is 35.5. The van der Waals surface area contributed by atoms with Crippen molar-refractivity contribution in [1.29, 1.82) is 0 Å². The third kappa shape index (κ3) is 3.48. The first-order chi connectivity index (χ1) is 14.4. The van der Waals surface area contributed by atoms with Gasteiger partial charge in [0.1, 0.15) is 22.3 Å². The first kappa shape index (κ1) is 19.8. The number of aromatic nitrogens is 5. The van der Waals surface area contributed by atoms with Gasteiger partial charge in [0.2, 0.25) is 5.95 Å². The number of methoxy groups -OCH3 is 1. The molecular weight excluding hydrogens is 406 g/mol. The average Bonchev–Trinajstić information content (AvgIpc) is 3.20. The molecule has 0 amide bonds. The second-order valence-electron chi connectivity index (χ2n) is 6.97. The van der Waals surface area contributed by atoms with E-state index in [1.807, 2.05) is 18.7 Å².